The summed E-state index contributed by atoms with van der Waals surface area (Å²) in [4.78, 5) is 0. The van der Waals surface area contributed by atoms with E-state index >= 15 is 0 Å². The quantitative estimate of drug-likeness (QED) is 0.733. The predicted molar refractivity (Wildman–Crippen MR) is 73.6 cm³/mol. The van der Waals surface area contributed by atoms with Crippen LogP contribution < -0.4 is 5.32 Å². The largest absolute Gasteiger partial charge is 0.389 e. The third-order valence-electron chi connectivity index (χ3n) is 4.48. The van der Waals surface area contributed by atoms with Crippen molar-refractivity contribution >= 4 is 0 Å². The SMILES string of the molecule is CCC1CC1NCC(O)COC1CCCC(C)C1. The maximum atomic E-state index is 9.89. The smallest absolute Gasteiger partial charge is 0.0897 e. The molecule has 2 aliphatic rings. The van der Waals surface area contributed by atoms with Gasteiger partial charge in [0.15, 0.2) is 0 Å². The zero-order valence-corrected chi connectivity index (χ0v) is 11.9. The van der Waals surface area contributed by atoms with Gasteiger partial charge in [-0.15, -0.1) is 0 Å². The van der Waals surface area contributed by atoms with Gasteiger partial charge in [-0.1, -0.05) is 33.1 Å². The molecule has 2 saturated carbocycles. The molecule has 5 unspecified atom stereocenters. The molecule has 106 valence electrons. The Labute approximate surface area is 111 Å². The molecule has 0 aromatic heterocycles. The highest BCUT2D eigenvalue weighted by Crippen LogP contribution is 2.32. The summed E-state index contributed by atoms with van der Waals surface area (Å²) in [6.07, 6.45) is 7.53. The molecule has 2 fully saturated rings. The van der Waals surface area contributed by atoms with Crippen LogP contribution in [0.3, 0.4) is 0 Å². The molecule has 0 spiro atoms. The van der Waals surface area contributed by atoms with Crippen LogP contribution in [0.2, 0.25) is 0 Å². The first-order chi connectivity index (χ1) is 8.69. The normalized spacial score (nSPS) is 37.5. The monoisotopic (exact) mass is 255 g/mol. The Hall–Kier alpha value is -0.120. The van der Waals surface area contributed by atoms with Gasteiger partial charge in [0.05, 0.1) is 18.8 Å². The Bertz CT molecular complexity index is 247. The van der Waals surface area contributed by atoms with Gasteiger partial charge in [-0.05, 0) is 31.1 Å². The van der Waals surface area contributed by atoms with E-state index < -0.39 is 0 Å². The van der Waals surface area contributed by atoms with E-state index in [1.54, 1.807) is 0 Å². The van der Waals surface area contributed by atoms with Crippen LogP contribution in [0.5, 0.6) is 0 Å². The first-order valence-electron chi connectivity index (χ1n) is 7.72. The fourth-order valence-corrected chi connectivity index (χ4v) is 3.07. The first kappa shape index (κ1) is 14.3. The van der Waals surface area contributed by atoms with Crippen LogP contribution in [0.1, 0.15) is 52.4 Å². The van der Waals surface area contributed by atoms with Gasteiger partial charge in [0.25, 0.3) is 0 Å². The maximum Gasteiger partial charge on any atom is 0.0897 e. The molecule has 3 heteroatoms. The summed E-state index contributed by atoms with van der Waals surface area (Å²) < 4.78 is 5.83. The van der Waals surface area contributed by atoms with Gasteiger partial charge < -0.3 is 15.2 Å². The molecule has 0 saturated heterocycles. The van der Waals surface area contributed by atoms with Crippen molar-refractivity contribution < 1.29 is 9.84 Å². The van der Waals surface area contributed by atoms with E-state index in [4.69, 9.17) is 4.74 Å². The molecule has 3 nitrogen and oxygen atoms in total. The zero-order valence-electron chi connectivity index (χ0n) is 11.9. The van der Waals surface area contributed by atoms with Gasteiger partial charge in [0.2, 0.25) is 0 Å². The van der Waals surface area contributed by atoms with E-state index in [1.807, 2.05) is 0 Å². The van der Waals surface area contributed by atoms with E-state index in [-0.39, 0.29) is 6.10 Å². The number of ether oxygens (including phenoxy) is 1. The summed E-state index contributed by atoms with van der Waals surface area (Å²) in [5.41, 5.74) is 0. The number of hydrogen-bond donors (Lipinski definition) is 2. The highest BCUT2D eigenvalue weighted by molar-refractivity contribution is 4.92. The minimum absolute atomic E-state index is 0.347. The molecule has 0 aromatic rings. The van der Waals surface area contributed by atoms with Crippen LogP contribution >= 0.6 is 0 Å². The predicted octanol–water partition coefficient (Wildman–Crippen LogP) is 2.33. The molecule has 0 radical (unpaired) electrons. The molecular formula is C15H29NO2. The lowest BCUT2D eigenvalue weighted by molar-refractivity contribution is -0.0307. The van der Waals surface area contributed by atoms with Crippen LogP contribution in [0, 0.1) is 11.8 Å². The van der Waals surface area contributed by atoms with Gasteiger partial charge in [0.1, 0.15) is 0 Å². The Kier molecular flexibility index (Phi) is 5.46. The minimum atomic E-state index is -0.347. The molecule has 2 N–H and O–H groups in total. The van der Waals surface area contributed by atoms with Crippen LogP contribution in [-0.2, 0) is 4.74 Å². The van der Waals surface area contributed by atoms with E-state index in [2.05, 4.69) is 19.2 Å². The van der Waals surface area contributed by atoms with Crippen molar-refractivity contribution in [3.63, 3.8) is 0 Å². The summed E-state index contributed by atoms with van der Waals surface area (Å²) in [7, 11) is 0. The van der Waals surface area contributed by atoms with E-state index in [0.29, 0.717) is 25.3 Å². The Morgan fingerprint density at radius 1 is 1.33 bits per heavy atom. The molecule has 5 atom stereocenters. The van der Waals surface area contributed by atoms with Gasteiger partial charge in [-0.3, -0.25) is 0 Å². The van der Waals surface area contributed by atoms with Crippen LogP contribution in [0.25, 0.3) is 0 Å². The van der Waals surface area contributed by atoms with E-state index in [0.717, 1.165) is 11.8 Å². The lowest BCUT2D eigenvalue weighted by Gasteiger charge is -2.27. The first-order valence-corrected chi connectivity index (χ1v) is 7.72. The van der Waals surface area contributed by atoms with Gasteiger partial charge in [-0.25, -0.2) is 0 Å². The molecule has 0 amide bonds. The van der Waals surface area contributed by atoms with E-state index in [1.165, 1.54) is 38.5 Å². The molecular weight excluding hydrogens is 226 g/mol. The minimum Gasteiger partial charge on any atom is -0.389 e. The molecule has 2 aliphatic carbocycles. The third kappa shape index (κ3) is 4.52. The molecule has 0 aromatic carbocycles. The average Bonchev–Trinajstić information content (AvgIpc) is 3.13. The standard InChI is InChI=1S/C15H29NO2/c1-3-12-8-15(12)16-9-13(17)10-18-14-6-4-5-11(2)7-14/h11-17H,3-10H2,1-2H3. The van der Waals surface area contributed by atoms with Crippen molar-refractivity contribution in [3.8, 4) is 0 Å². The van der Waals surface area contributed by atoms with Gasteiger partial charge in [-0.2, -0.15) is 0 Å². The fraction of sp³-hybridized carbons (Fsp3) is 1.00. The molecule has 0 heterocycles. The summed E-state index contributed by atoms with van der Waals surface area (Å²) in [5, 5.41) is 13.3. The molecule has 18 heavy (non-hydrogen) atoms. The second-order valence-corrected chi connectivity index (χ2v) is 6.30. The highest BCUT2D eigenvalue weighted by atomic mass is 16.5. The summed E-state index contributed by atoms with van der Waals surface area (Å²) in [5.74, 6) is 1.63. The summed E-state index contributed by atoms with van der Waals surface area (Å²) in [6.45, 7) is 5.71. The third-order valence-corrected chi connectivity index (χ3v) is 4.48. The average molecular weight is 255 g/mol. The van der Waals surface area contributed by atoms with Crippen molar-refractivity contribution in [2.24, 2.45) is 11.8 Å². The second-order valence-electron chi connectivity index (χ2n) is 6.30. The van der Waals surface area contributed by atoms with E-state index in [9.17, 15) is 5.11 Å². The van der Waals surface area contributed by atoms with Crippen LogP contribution in [0.4, 0.5) is 0 Å². The van der Waals surface area contributed by atoms with Crippen molar-refractivity contribution in [1.29, 1.82) is 0 Å². The molecule has 0 bridgehead atoms. The zero-order chi connectivity index (χ0) is 13.0. The summed E-state index contributed by atoms with van der Waals surface area (Å²) >= 11 is 0. The van der Waals surface area contributed by atoms with Gasteiger partial charge >= 0.3 is 0 Å². The number of rotatable bonds is 7. The van der Waals surface area contributed by atoms with Crippen molar-refractivity contribution in [1.82, 2.24) is 5.32 Å². The lowest BCUT2D eigenvalue weighted by atomic mass is 9.89. The summed E-state index contributed by atoms with van der Waals surface area (Å²) in [6, 6.07) is 0.652. The Balaban J connectivity index is 1.53. The van der Waals surface area contributed by atoms with Crippen LogP contribution in [0.15, 0.2) is 0 Å². The Morgan fingerprint density at radius 3 is 2.83 bits per heavy atom. The number of nitrogens with one attached hydrogen (secondary N) is 1. The van der Waals surface area contributed by atoms with Crippen molar-refractivity contribution in [2.75, 3.05) is 13.2 Å². The van der Waals surface area contributed by atoms with Crippen LogP contribution in [-0.4, -0.2) is 36.5 Å². The van der Waals surface area contributed by atoms with Crippen molar-refractivity contribution in [3.05, 3.63) is 0 Å². The number of aliphatic hydroxyl groups is 1. The topological polar surface area (TPSA) is 41.5 Å². The lowest BCUT2D eigenvalue weighted by Crippen LogP contribution is -2.34. The maximum absolute atomic E-state index is 9.89. The van der Waals surface area contributed by atoms with Crippen molar-refractivity contribution in [2.45, 2.75) is 70.6 Å². The Morgan fingerprint density at radius 2 is 2.17 bits per heavy atom. The number of aliphatic hydroxyl groups excluding tert-OH is 1. The van der Waals surface area contributed by atoms with Gasteiger partial charge in [0, 0.05) is 12.6 Å². The second kappa shape index (κ2) is 6.88. The highest BCUT2D eigenvalue weighted by Gasteiger charge is 2.34. The number of hydrogen-bond acceptors (Lipinski definition) is 3. The fourth-order valence-electron chi connectivity index (χ4n) is 3.07. The molecule has 2 rings (SSSR count). The molecule has 0 aliphatic heterocycles.